The molecule has 216 valence electrons. The van der Waals surface area contributed by atoms with Crippen molar-refractivity contribution >= 4 is 65.1 Å². The lowest BCUT2D eigenvalue weighted by Crippen LogP contribution is -2.85. The van der Waals surface area contributed by atoms with E-state index in [1.54, 1.807) is 6.92 Å². The first-order valence-electron chi connectivity index (χ1n) is 14.2. The van der Waals surface area contributed by atoms with Gasteiger partial charge in [0.1, 0.15) is 5.78 Å². The number of rotatable bonds is 14. The third-order valence-corrected chi connectivity index (χ3v) is 143. The Labute approximate surface area is 234 Å². The van der Waals surface area contributed by atoms with Gasteiger partial charge in [-0.1, -0.05) is 118 Å². The molecule has 0 saturated carbocycles. The highest BCUT2D eigenvalue weighted by Gasteiger charge is 2.66. The molecule has 0 aromatic carbocycles. The minimum Gasteiger partial charge on any atom is -0.423 e. The zero-order valence-electron chi connectivity index (χ0n) is 28.3. The molecule has 0 saturated heterocycles. The normalized spacial score (nSPS) is 17.2. The first-order chi connectivity index (χ1) is 15.4. The van der Waals surface area contributed by atoms with Crippen molar-refractivity contribution in [1.82, 2.24) is 0 Å². The van der Waals surface area contributed by atoms with Crippen LogP contribution in [0.25, 0.3) is 0 Å². The molecule has 0 bridgehead atoms. The molecule has 11 heteroatoms. The van der Waals surface area contributed by atoms with E-state index in [0.29, 0.717) is 6.42 Å². The molecule has 0 aromatic heterocycles. The van der Waals surface area contributed by atoms with Crippen LogP contribution in [0.15, 0.2) is 0 Å². The zero-order valence-corrected chi connectivity index (χ0v) is 36.3. The fourth-order valence-corrected chi connectivity index (χ4v) is 198. The van der Waals surface area contributed by atoms with Gasteiger partial charge in [-0.25, -0.2) is 0 Å². The van der Waals surface area contributed by atoms with Crippen LogP contribution in [0.4, 0.5) is 0 Å². The minimum absolute atomic E-state index is 0.00551. The van der Waals surface area contributed by atoms with E-state index in [1.165, 1.54) is 0 Å². The Morgan fingerprint density at radius 3 is 1.00 bits per heavy atom. The number of hydrogen-bond acceptors (Lipinski definition) is 3. The van der Waals surface area contributed by atoms with E-state index in [1.807, 2.05) is 0 Å². The number of Topliss-reactive ketones (excluding diaryl/α,β-unsaturated/α-hetero) is 1. The molecule has 0 fully saturated rings. The standard InChI is InChI=1S/C25H66O3Si8/c1-23(26)21-25(28-36(32(12,13)14,33(15,16)17)34(18,19)20)22-24(2)27-35(29(3,4)5,30(6,7)8)31(9,10)11/h24-25H,21-22H2,1-20H3/t24-,25-/m1/s1. The van der Waals surface area contributed by atoms with Crippen molar-refractivity contribution < 1.29 is 13.6 Å². The SMILES string of the molecule is CC(=O)C[C@H](C[C@@H](C)O[Si]([Si](C)(C)C)([Si](C)(C)C)[Si](C)(C)C)O[Si]([Si](C)(C)C)([Si](C)(C)C)[Si](C)(C)C. The molecule has 0 N–H and O–H groups in total. The van der Waals surface area contributed by atoms with Crippen LogP contribution >= 0.6 is 0 Å². The van der Waals surface area contributed by atoms with Gasteiger partial charge in [0, 0.05) is 12.5 Å². The van der Waals surface area contributed by atoms with E-state index >= 15 is 0 Å². The van der Waals surface area contributed by atoms with Crippen molar-refractivity contribution in [2.75, 3.05) is 0 Å². The molecule has 0 aliphatic rings. The summed E-state index contributed by atoms with van der Waals surface area (Å²) in [7, 11) is -9.36. The first-order valence-corrected chi connectivity index (χ1v) is 45.1. The molecule has 0 radical (unpaired) electrons. The predicted molar refractivity (Wildman–Crippen MR) is 187 cm³/mol. The molecule has 0 amide bonds. The van der Waals surface area contributed by atoms with Gasteiger partial charge in [-0.3, -0.25) is 4.79 Å². The zero-order chi connectivity index (χ0) is 29.6. The highest BCUT2D eigenvalue weighted by atomic mass is 29.9. The van der Waals surface area contributed by atoms with Crippen molar-refractivity contribution in [3.8, 4) is 0 Å². The molecule has 3 nitrogen and oxygen atoms in total. The van der Waals surface area contributed by atoms with Crippen molar-refractivity contribution in [3.63, 3.8) is 0 Å². The van der Waals surface area contributed by atoms with E-state index < -0.39 is 59.3 Å². The number of carbonyl (C=O) groups is 1. The highest BCUT2D eigenvalue weighted by Crippen LogP contribution is 2.42. The molecular weight excluding hydrogens is 573 g/mol. The second-order valence-electron chi connectivity index (χ2n) is 17.7. The molecule has 36 heavy (non-hydrogen) atoms. The lowest BCUT2D eigenvalue weighted by molar-refractivity contribution is -0.118. The van der Waals surface area contributed by atoms with Crippen LogP contribution in [-0.4, -0.2) is 77.3 Å². The first kappa shape index (κ1) is 37.3. The van der Waals surface area contributed by atoms with Crippen LogP contribution in [0.1, 0.15) is 26.7 Å². The van der Waals surface area contributed by atoms with Crippen molar-refractivity contribution in [1.29, 1.82) is 0 Å². The number of hydrogen-bond donors (Lipinski definition) is 0. The Hall–Kier alpha value is 1.33. The molecule has 0 spiro atoms. The number of carbonyl (C=O) groups excluding carboxylic acids is 1. The maximum absolute atomic E-state index is 12.6. The van der Waals surface area contributed by atoms with Gasteiger partial charge in [-0.05, 0) is 20.3 Å². The summed E-state index contributed by atoms with van der Waals surface area (Å²) < 4.78 is 15.3. The van der Waals surface area contributed by atoms with E-state index in [0.717, 1.165) is 6.42 Å². The molecule has 0 unspecified atom stereocenters. The van der Waals surface area contributed by atoms with E-state index in [9.17, 15) is 4.79 Å². The summed E-state index contributed by atoms with van der Waals surface area (Å²) >= 11 is 0. The Morgan fingerprint density at radius 2 is 0.778 bits per heavy atom. The van der Waals surface area contributed by atoms with Gasteiger partial charge in [-0.2, -0.15) is 0 Å². The van der Waals surface area contributed by atoms with E-state index in [2.05, 4.69) is 125 Å². The van der Waals surface area contributed by atoms with Gasteiger partial charge in [0.15, 0.2) is 13.7 Å². The highest BCUT2D eigenvalue weighted by molar-refractivity contribution is 7.88. The monoisotopic (exact) mass is 638 g/mol. The Bertz CT molecular complexity index is 672. The van der Waals surface area contributed by atoms with Crippen molar-refractivity contribution in [2.24, 2.45) is 0 Å². The van der Waals surface area contributed by atoms with Crippen molar-refractivity contribution in [2.45, 2.75) is 157 Å². The molecule has 0 aliphatic carbocycles. The average Bonchev–Trinajstić information content (AvgIpc) is 2.49. The second kappa shape index (κ2) is 11.7. The second-order valence-corrected chi connectivity index (χ2v) is 96.5. The summed E-state index contributed by atoms with van der Waals surface area (Å²) in [4.78, 5) is 12.6. The van der Waals surface area contributed by atoms with Gasteiger partial charge >= 0.3 is 0 Å². The van der Waals surface area contributed by atoms with Crippen molar-refractivity contribution in [3.05, 3.63) is 0 Å². The smallest absolute Gasteiger partial charge is 0.158 e. The van der Waals surface area contributed by atoms with Crippen LogP contribution in [-0.2, 0) is 13.6 Å². The quantitative estimate of drug-likeness (QED) is 0.179. The van der Waals surface area contributed by atoms with Gasteiger partial charge in [0.05, 0.1) is 51.7 Å². The van der Waals surface area contributed by atoms with Gasteiger partial charge < -0.3 is 8.85 Å². The fourth-order valence-electron chi connectivity index (χ4n) is 9.27. The predicted octanol–water partition coefficient (Wildman–Crippen LogP) is 8.54. The van der Waals surface area contributed by atoms with E-state index in [-0.39, 0.29) is 18.0 Å². The largest absolute Gasteiger partial charge is 0.423 e. The summed E-state index contributed by atoms with van der Waals surface area (Å²) in [5, 5.41) is 0. The van der Waals surface area contributed by atoms with Gasteiger partial charge in [0.2, 0.25) is 0 Å². The van der Waals surface area contributed by atoms with Gasteiger partial charge in [0.25, 0.3) is 0 Å². The summed E-state index contributed by atoms with van der Waals surface area (Å²) in [6.45, 7) is 46.6. The molecule has 2 atom stereocenters. The summed E-state index contributed by atoms with van der Waals surface area (Å²) in [5.74, 6) is 0.265. The fraction of sp³-hybridized carbons (Fsp3) is 0.960. The Morgan fingerprint density at radius 1 is 0.528 bits per heavy atom. The van der Waals surface area contributed by atoms with Crippen LogP contribution in [0.2, 0.25) is 118 Å². The molecular formula is C25H66O3Si8. The van der Waals surface area contributed by atoms with E-state index in [4.69, 9.17) is 8.85 Å². The number of ketones is 1. The maximum atomic E-state index is 12.6. The van der Waals surface area contributed by atoms with Crippen LogP contribution < -0.4 is 0 Å². The maximum Gasteiger partial charge on any atom is 0.158 e. The summed E-state index contributed by atoms with van der Waals surface area (Å²) in [5.41, 5.74) is 0. The third-order valence-electron chi connectivity index (χ3n) is 8.17. The molecule has 0 aromatic rings. The molecule has 0 rings (SSSR count). The average molecular weight is 639 g/mol. The van der Waals surface area contributed by atoms with Crippen LogP contribution in [0.5, 0.6) is 0 Å². The molecule has 0 aliphatic heterocycles. The minimum atomic E-state index is -2.02. The summed E-state index contributed by atoms with van der Waals surface area (Å²) in [6, 6.07) is 0. The lowest BCUT2D eigenvalue weighted by atomic mass is 10.1. The van der Waals surface area contributed by atoms with Crippen LogP contribution in [0, 0.1) is 0 Å². The molecule has 0 heterocycles. The Balaban J connectivity index is 6.72. The Kier molecular flexibility index (Phi) is 12.1. The third kappa shape index (κ3) is 7.74. The lowest BCUT2D eigenvalue weighted by Gasteiger charge is -2.58. The topological polar surface area (TPSA) is 35.5 Å². The summed E-state index contributed by atoms with van der Waals surface area (Å²) in [6.07, 6.45) is 1.58. The van der Waals surface area contributed by atoms with Gasteiger partial charge in [-0.15, -0.1) is 0 Å². The van der Waals surface area contributed by atoms with Crippen LogP contribution in [0.3, 0.4) is 0 Å².